The van der Waals surface area contributed by atoms with E-state index in [1.165, 1.54) is 4.88 Å². The van der Waals surface area contributed by atoms with Gasteiger partial charge in [0.25, 0.3) is 0 Å². The summed E-state index contributed by atoms with van der Waals surface area (Å²) in [5, 5.41) is 0. The van der Waals surface area contributed by atoms with Gasteiger partial charge in [0.2, 0.25) is 0 Å². The number of thiophene rings is 1. The van der Waals surface area contributed by atoms with Crippen LogP contribution in [0.3, 0.4) is 0 Å². The van der Waals surface area contributed by atoms with Crippen LogP contribution in [0.4, 0.5) is 4.39 Å². The molecule has 0 radical (unpaired) electrons. The molecule has 0 N–H and O–H groups in total. The van der Waals surface area contributed by atoms with Crippen molar-refractivity contribution in [3.63, 3.8) is 0 Å². The van der Waals surface area contributed by atoms with Crippen molar-refractivity contribution in [1.82, 2.24) is 0 Å². The molecule has 2 aromatic rings. The van der Waals surface area contributed by atoms with E-state index < -0.39 is 5.67 Å². The van der Waals surface area contributed by atoms with Gasteiger partial charge in [-0.2, -0.15) is 0 Å². The maximum atomic E-state index is 14.3. The van der Waals surface area contributed by atoms with E-state index in [2.05, 4.69) is 13.0 Å². The van der Waals surface area contributed by atoms with Gasteiger partial charge in [-0.1, -0.05) is 43.7 Å². The van der Waals surface area contributed by atoms with Crippen molar-refractivity contribution in [3.05, 3.63) is 46.2 Å². The number of halogens is 1. The fourth-order valence-corrected chi connectivity index (χ4v) is 3.36. The second-order valence-electron chi connectivity index (χ2n) is 5.04. The van der Waals surface area contributed by atoms with Crippen LogP contribution in [-0.2, 0) is 12.1 Å². The minimum Gasteiger partial charge on any atom is -0.238 e. The summed E-state index contributed by atoms with van der Waals surface area (Å²) in [5.41, 5.74) is 0.885. The summed E-state index contributed by atoms with van der Waals surface area (Å²) >= 11 is 1.61. The minimum absolute atomic E-state index is 0.845. The van der Waals surface area contributed by atoms with E-state index in [1.54, 1.807) is 25.2 Å². The van der Waals surface area contributed by atoms with E-state index >= 15 is 0 Å². The van der Waals surface area contributed by atoms with Crippen LogP contribution in [0.5, 0.6) is 0 Å². The normalized spacial score (nSPS) is 11.8. The number of benzene rings is 1. The standard InChI is InChI=1S/C16H19FS/c1-4-8-13-11-14(12-9-6-5-7-10-12)15(18-13)16(2,3)17/h5-7,9-11H,4,8H2,1-3H3. The van der Waals surface area contributed by atoms with E-state index in [0.717, 1.165) is 28.8 Å². The lowest BCUT2D eigenvalue weighted by molar-refractivity contribution is 0.228. The summed E-state index contributed by atoms with van der Waals surface area (Å²) in [6.45, 7) is 5.43. The van der Waals surface area contributed by atoms with Crippen LogP contribution in [-0.4, -0.2) is 0 Å². The van der Waals surface area contributed by atoms with Crippen LogP contribution in [0, 0.1) is 0 Å². The quantitative estimate of drug-likeness (QED) is 0.675. The van der Waals surface area contributed by atoms with Gasteiger partial charge in [-0.05, 0) is 37.5 Å². The summed E-state index contributed by atoms with van der Waals surface area (Å²) in [5.74, 6) is 0. The van der Waals surface area contributed by atoms with Crippen molar-refractivity contribution in [2.24, 2.45) is 0 Å². The molecule has 0 fully saturated rings. The third kappa shape index (κ3) is 2.81. The van der Waals surface area contributed by atoms with Crippen LogP contribution in [0.1, 0.15) is 36.9 Å². The van der Waals surface area contributed by atoms with Crippen molar-refractivity contribution in [2.45, 2.75) is 39.3 Å². The number of aryl methyl sites for hydroxylation is 1. The summed E-state index contributed by atoms with van der Waals surface area (Å²) in [4.78, 5) is 2.12. The number of rotatable bonds is 4. The topological polar surface area (TPSA) is 0 Å². The van der Waals surface area contributed by atoms with Crippen molar-refractivity contribution in [2.75, 3.05) is 0 Å². The molecule has 0 saturated heterocycles. The molecule has 0 saturated carbocycles. The molecule has 0 amide bonds. The first-order valence-electron chi connectivity index (χ1n) is 6.40. The van der Waals surface area contributed by atoms with Crippen LogP contribution < -0.4 is 0 Å². The molecule has 1 aromatic heterocycles. The number of alkyl halides is 1. The zero-order chi connectivity index (χ0) is 13.2. The van der Waals surface area contributed by atoms with Crippen molar-refractivity contribution < 1.29 is 4.39 Å². The Hall–Kier alpha value is -1.15. The first kappa shape index (κ1) is 13.3. The molecule has 0 unspecified atom stereocenters. The molecule has 2 heteroatoms. The smallest absolute Gasteiger partial charge is 0.140 e. The summed E-state index contributed by atoms with van der Waals surface area (Å²) < 4.78 is 14.3. The molecule has 0 spiro atoms. The van der Waals surface area contributed by atoms with Crippen molar-refractivity contribution in [1.29, 1.82) is 0 Å². The first-order valence-corrected chi connectivity index (χ1v) is 7.21. The lowest BCUT2D eigenvalue weighted by Gasteiger charge is -2.14. The monoisotopic (exact) mass is 262 g/mol. The Labute approximate surface area is 112 Å². The molecule has 1 aromatic carbocycles. The van der Waals surface area contributed by atoms with Crippen molar-refractivity contribution in [3.8, 4) is 11.1 Å². The summed E-state index contributed by atoms with van der Waals surface area (Å²) in [7, 11) is 0. The molecule has 96 valence electrons. The molecule has 18 heavy (non-hydrogen) atoms. The molecule has 2 rings (SSSR count). The van der Waals surface area contributed by atoms with E-state index in [-0.39, 0.29) is 0 Å². The van der Waals surface area contributed by atoms with E-state index in [0.29, 0.717) is 0 Å². The van der Waals surface area contributed by atoms with E-state index in [4.69, 9.17) is 0 Å². The number of hydrogen-bond donors (Lipinski definition) is 0. The van der Waals surface area contributed by atoms with Crippen LogP contribution in [0.25, 0.3) is 11.1 Å². The van der Waals surface area contributed by atoms with Gasteiger partial charge >= 0.3 is 0 Å². The average Bonchev–Trinajstić information content (AvgIpc) is 2.75. The van der Waals surface area contributed by atoms with Gasteiger partial charge in [0.05, 0.1) is 0 Å². The molecule has 0 nitrogen and oxygen atoms in total. The van der Waals surface area contributed by atoms with E-state index in [9.17, 15) is 4.39 Å². The Bertz CT molecular complexity index is 506. The van der Waals surface area contributed by atoms with Gasteiger partial charge in [0.1, 0.15) is 5.67 Å². The summed E-state index contributed by atoms with van der Waals surface area (Å²) in [6.07, 6.45) is 2.13. The highest BCUT2D eigenvalue weighted by atomic mass is 32.1. The maximum absolute atomic E-state index is 14.3. The second-order valence-corrected chi connectivity index (χ2v) is 6.18. The largest absolute Gasteiger partial charge is 0.238 e. The van der Waals surface area contributed by atoms with Gasteiger partial charge in [0, 0.05) is 9.75 Å². The lowest BCUT2D eigenvalue weighted by atomic mass is 9.99. The van der Waals surface area contributed by atoms with Gasteiger partial charge in [-0.3, -0.25) is 0 Å². The molecule has 1 heterocycles. The second kappa shape index (κ2) is 5.23. The molecular weight excluding hydrogens is 243 g/mol. The zero-order valence-electron chi connectivity index (χ0n) is 11.2. The Morgan fingerprint density at radius 2 is 1.83 bits per heavy atom. The van der Waals surface area contributed by atoms with Gasteiger partial charge < -0.3 is 0 Å². The van der Waals surface area contributed by atoms with Gasteiger partial charge in [-0.15, -0.1) is 11.3 Å². The van der Waals surface area contributed by atoms with Crippen molar-refractivity contribution >= 4 is 11.3 Å². The molecule has 0 aliphatic heterocycles. The Kier molecular flexibility index (Phi) is 3.86. The third-order valence-electron chi connectivity index (χ3n) is 2.90. The highest BCUT2D eigenvalue weighted by molar-refractivity contribution is 7.12. The Morgan fingerprint density at radius 1 is 1.17 bits per heavy atom. The van der Waals surface area contributed by atoms with Crippen LogP contribution in [0.15, 0.2) is 36.4 Å². The van der Waals surface area contributed by atoms with Crippen LogP contribution >= 0.6 is 11.3 Å². The summed E-state index contributed by atoms with van der Waals surface area (Å²) in [6, 6.07) is 12.2. The highest BCUT2D eigenvalue weighted by Gasteiger charge is 2.26. The molecule has 0 aliphatic rings. The van der Waals surface area contributed by atoms with Gasteiger partial charge in [-0.25, -0.2) is 4.39 Å². The molecular formula is C16H19FS. The lowest BCUT2D eigenvalue weighted by Crippen LogP contribution is -2.07. The predicted octanol–water partition coefficient (Wildman–Crippen LogP) is 5.57. The fraction of sp³-hybridized carbons (Fsp3) is 0.375. The Balaban J connectivity index is 2.51. The molecule has 0 atom stereocenters. The Morgan fingerprint density at radius 3 is 2.39 bits per heavy atom. The molecule has 0 bridgehead atoms. The van der Waals surface area contributed by atoms with Gasteiger partial charge in [0.15, 0.2) is 0 Å². The average molecular weight is 262 g/mol. The predicted molar refractivity (Wildman–Crippen MR) is 77.9 cm³/mol. The SMILES string of the molecule is CCCc1cc(-c2ccccc2)c(C(C)(C)F)s1. The molecule has 0 aliphatic carbocycles. The number of hydrogen-bond acceptors (Lipinski definition) is 1. The third-order valence-corrected chi connectivity index (χ3v) is 4.40. The minimum atomic E-state index is -1.28. The first-order chi connectivity index (χ1) is 8.52. The van der Waals surface area contributed by atoms with E-state index in [1.807, 2.05) is 30.3 Å². The highest BCUT2D eigenvalue weighted by Crippen LogP contribution is 2.40. The van der Waals surface area contributed by atoms with Crippen LogP contribution in [0.2, 0.25) is 0 Å². The maximum Gasteiger partial charge on any atom is 0.140 e. The fourth-order valence-electron chi connectivity index (χ4n) is 2.09. The zero-order valence-corrected chi connectivity index (χ0v) is 12.0.